The van der Waals surface area contributed by atoms with Crippen LogP contribution in [0.1, 0.15) is 27.9 Å². The van der Waals surface area contributed by atoms with Gasteiger partial charge in [0.05, 0.1) is 28.9 Å². The van der Waals surface area contributed by atoms with E-state index in [1.807, 2.05) is 37.3 Å². The first kappa shape index (κ1) is 19.3. The van der Waals surface area contributed by atoms with Gasteiger partial charge in [-0.2, -0.15) is 0 Å². The van der Waals surface area contributed by atoms with Gasteiger partial charge >= 0.3 is 0 Å². The summed E-state index contributed by atoms with van der Waals surface area (Å²) in [5.41, 5.74) is 6.29. The van der Waals surface area contributed by atoms with Gasteiger partial charge in [0.15, 0.2) is 5.13 Å². The highest BCUT2D eigenvalue weighted by atomic mass is 32.1. The fourth-order valence-electron chi connectivity index (χ4n) is 3.30. The fraction of sp³-hybridized carbons (Fsp3) is 0.208. The molecule has 0 radical (unpaired) electrons. The Hall–Kier alpha value is -3.05. The molecule has 4 aromatic rings. The van der Waals surface area contributed by atoms with E-state index < -0.39 is 0 Å². The van der Waals surface area contributed by atoms with Crippen molar-refractivity contribution in [3.05, 3.63) is 88.7 Å². The molecule has 0 aliphatic heterocycles. The number of pyridine rings is 1. The van der Waals surface area contributed by atoms with Gasteiger partial charge in [-0.3, -0.25) is 14.7 Å². The van der Waals surface area contributed by atoms with Crippen molar-refractivity contribution in [2.75, 3.05) is 4.90 Å². The summed E-state index contributed by atoms with van der Waals surface area (Å²) >= 11 is 1.55. The lowest BCUT2D eigenvalue weighted by atomic mass is 10.0. The summed E-state index contributed by atoms with van der Waals surface area (Å²) in [4.78, 5) is 24.3. The molecule has 29 heavy (non-hydrogen) atoms. The third-order valence-electron chi connectivity index (χ3n) is 4.96. The number of fused-ring (bicyclic) bond motifs is 1. The molecule has 2 heterocycles. The predicted octanol–water partition coefficient (Wildman–Crippen LogP) is 5.39. The number of carbonyl (C=O) groups excluding carboxylic acids is 1. The van der Waals surface area contributed by atoms with Crippen LogP contribution in [0.5, 0.6) is 0 Å². The Balaban J connectivity index is 1.70. The quantitative estimate of drug-likeness (QED) is 0.450. The first-order valence-electron chi connectivity index (χ1n) is 9.63. The van der Waals surface area contributed by atoms with E-state index in [-0.39, 0.29) is 5.91 Å². The minimum absolute atomic E-state index is 0.0279. The molecule has 0 bridgehead atoms. The molecule has 0 aliphatic carbocycles. The van der Waals surface area contributed by atoms with E-state index in [1.165, 1.54) is 5.56 Å². The minimum Gasteiger partial charge on any atom is -0.282 e. The lowest BCUT2D eigenvalue weighted by molar-refractivity contribution is -0.118. The van der Waals surface area contributed by atoms with Gasteiger partial charge in [0, 0.05) is 6.20 Å². The highest BCUT2D eigenvalue weighted by molar-refractivity contribution is 7.22. The van der Waals surface area contributed by atoms with Gasteiger partial charge < -0.3 is 0 Å². The van der Waals surface area contributed by atoms with E-state index in [9.17, 15) is 4.79 Å². The molecule has 2 aromatic heterocycles. The molecule has 0 saturated heterocycles. The highest BCUT2D eigenvalue weighted by Crippen LogP contribution is 2.31. The molecular weight excluding hydrogens is 378 g/mol. The summed E-state index contributed by atoms with van der Waals surface area (Å²) in [6, 6.07) is 18.2. The largest absolute Gasteiger partial charge is 0.282 e. The molecule has 146 valence electrons. The Labute approximate surface area is 174 Å². The molecule has 4 rings (SSSR count). The monoisotopic (exact) mass is 401 g/mol. The Morgan fingerprint density at radius 3 is 2.59 bits per heavy atom. The van der Waals surface area contributed by atoms with Crippen molar-refractivity contribution < 1.29 is 4.79 Å². The van der Waals surface area contributed by atoms with Crippen LogP contribution in [-0.4, -0.2) is 15.9 Å². The average Bonchev–Trinajstić information content (AvgIpc) is 3.12. The number of thiazole rings is 1. The Bertz CT molecular complexity index is 1170. The number of amides is 1. The lowest BCUT2D eigenvalue weighted by Gasteiger charge is -2.20. The van der Waals surface area contributed by atoms with Gasteiger partial charge in [-0.05, 0) is 61.7 Å². The summed E-state index contributed by atoms with van der Waals surface area (Å²) in [6.45, 7) is 6.57. The lowest BCUT2D eigenvalue weighted by Crippen LogP contribution is -2.32. The maximum Gasteiger partial charge on any atom is 0.233 e. The first-order chi connectivity index (χ1) is 14.0. The van der Waals surface area contributed by atoms with Crippen molar-refractivity contribution in [1.29, 1.82) is 0 Å². The zero-order valence-corrected chi connectivity index (χ0v) is 17.7. The van der Waals surface area contributed by atoms with Crippen LogP contribution in [0, 0.1) is 20.8 Å². The van der Waals surface area contributed by atoms with Crippen molar-refractivity contribution >= 4 is 32.6 Å². The smallest absolute Gasteiger partial charge is 0.233 e. The van der Waals surface area contributed by atoms with Crippen LogP contribution in [0.3, 0.4) is 0 Å². The topological polar surface area (TPSA) is 46.1 Å². The molecule has 0 aliphatic rings. The van der Waals surface area contributed by atoms with Crippen molar-refractivity contribution in [2.45, 2.75) is 33.7 Å². The number of hydrogen-bond acceptors (Lipinski definition) is 4. The molecule has 4 nitrogen and oxygen atoms in total. The van der Waals surface area contributed by atoms with Gasteiger partial charge in [0.1, 0.15) is 0 Å². The van der Waals surface area contributed by atoms with E-state index in [0.29, 0.717) is 18.1 Å². The number of aryl methyl sites for hydroxylation is 3. The average molecular weight is 402 g/mol. The number of nitrogens with zero attached hydrogens (tertiary/aromatic N) is 3. The van der Waals surface area contributed by atoms with Gasteiger partial charge in [-0.1, -0.05) is 47.2 Å². The van der Waals surface area contributed by atoms with E-state index >= 15 is 0 Å². The molecule has 0 saturated carbocycles. The normalized spacial score (nSPS) is 11.0. The Morgan fingerprint density at radius 2 is 1.79 bits per heavy atom. The molecule has 0 N–H and O–H groups in total. The van der Waals surface area contributed by atoms with Crippen LogP contribution in [0.2, 0.25) is 0 Å². The molecular formula is C24H23N3OS. The Morgan fingerprint density at radius 1 is 1.00 bits per heavy atom. The third kappa shape index (κ3) is 4.35. The van der Waals surface area contributed by atoms with E-state index in [4.69, 9.17) is 4.98 Å². The molecule has 0 atom stereocenters. The number of hydrogen-bond donors (Lipinski definition) is 0. The van der Waals surface area contributed by atoms with Gasteiger partial charge in [-0.25, -0.2) is 4.98 Å². The van der Waals surface area contributed by atoms with Crippen molar-refractivity contribution in [3.8, 4) is 0 Å². The maximum atomic E-state index is 13.4. The second-order valence-electron chi connectivity index (χ2n) is 7.38. The minimum atomic E-state index is 0.0279. The van der Waals surface area contributed by atoms with Crippen LogP contribution >= 0.6 is 11.3 Å². The summed E-state index contributed by atoms with van der Waals surface area (Å²) in [5, 5.41) is 0.714. The number of anilines is 1. The maximum absolute atomic E-state index is 13.4. The molecule has 5 heteroatoms. The highest BCUT2D eigenvalue weighted by Gasteiger charge is 2.21. The summed E-state index contributed by atoms with van der Waals surface area (Å²) in [6.07, 6.45) is 2.10. The van der Waals surface area contributed by atoms with Crippen LogP contribution in [0.25, 0.3) is 10.2 Å². The second kappa shape index (κ2) is 8.13. The molecule has 0 spiro atoms. The Kier molecular flexibility index (Phi) is 5.41. The summed E-state index contributed by atoms with van der Waals surface area (Å²) in [5.74, 6) is 0.0279. The zero-order chi connectivity index (χ0) is 20.4. The molecule has 0 fully saturated rings. The third-order valence-corrected chi connectivity index (χ3v) is 6.00. The fourth-order valence-corrected chi connectivity index (χ4v) is 4.38. The predicted molar refractivity (Wildman–Crippen MR) is 119 cm³/mol. The number of benzene rings is 2. The van der Waals surface area contributed by atoms with Crippen LogP contribution in [0.4, 0.5) is 5.13 Å². The number of rotatable bonds is 5. The van der Waals surface area contributed by atoms with Gasteiger partial charge in [0.2, 0.25) is 5.91 Å². The van der Waals surface area contributed by atoms with Crippen LogP contribution in [-0.2, 0) is 17.8 Å². The number of aromatic nitrogens is 2. The molecule has 0 unspecified atom stereocenters. The van der Waals surface area contributed by atoms with E-state index in [2.05, 4.69) is 43.1 Å². The van der Waals surface area contributed by atoms with Gasteiger partial charge in [0.25, 0.3) is 0 Å². The zero-order valence-electron chi connectivity index (χ0n) is 16.8. The summed E-state index contributed by atoms with van der Waals surface area (Å²) < 4.78 is 1.09. The van der Waals surface area contributed by atoms with Crippen molar-refractivity contribution in [2.24, 2.45) is 0 Å². The van der Waals surface area contributed by atoms with Crippen LogP contribution in [0.15, 0.2) is 60.8 Å². The standard InChI is InChI=1S/C24H23N3OS/c1-16-7-9-18(3)19(12-16)14-23(28)27(15-20-6-4-5-11-25-20)24-26-21-10-8-17(2)13-22(21)29-24/h4-13H,14-15H2,1-3H3. The number of carbonyl (C=O) groups is 1. The van der Waals surface area contributed by atoms with Crippen molar-refractivity contribution in [1.82, 2.24) is 9.97 Å². The molecule has 2 aromatic carbocycles. The van der Waals surface area contributed by atoms with E-state index in [1.54, 1.807) is 22.4 Å². The van der Waals surface area contributed by atoms with Gasteiger partial charge in [-0.15, -0.1) is 0 Å². The second-order valence-corrected chi connectivity index (χ2v) is 8.38. The SMILES string of the molecule is Cc1ccc(C)c(CC(=O)N(Cc2ccccn2)c2nc3ccc(C)cc3s2)c1. The van der Waals surface area contributed by atoms with Crippen molar-refractivity contribution in [3.63, 3.8) is 0 Å². The molecule has 1 amide bonds. The summed E-state index contributed by atoms with van der Waals surface area (Å²) in [7, 11) is 0. The first-order valence-corrected chi connectivity index (χ1v) is 10.4. The van der Waals surface area contributed by atoms with Crippen LogP contribution < -0.4 is 4.90 Å². The van der Waals surface area contributed by atoms with E-state index in [0.717, 1.165) is 32.6 Å².